The molecule has 0 bridgehead atoms. The molecule has 28 heavy (non-hydrogen) atoms. The van der Waals surface area contributed by atoms with Crippen LogP contribution in [0.1, 0.15) is 30.4 Å². The summed E-state index contributed by atoms with van der Waals surface area (Å²) < 4.78 is 43.3. The van der Waals surface area contributed by atoms with E-state index in [1.165, 1.54) is 12.1 Å². The van der Waals surface area contributed by atoms with Gasteiger partial charge in [0.1, 0.15) is 0 Å². The molecular formula is C18H28F3IN4O2. The highest BCUT2D eigenvalue weighted by Gasteiger charge is 2.30. The van der Waals surface area contributed by atoms with E-state index >= 15 is 0 Å². The lowest BCUT2D eigenvalue weighted by Crippen LogP contribution is -2.44. The highest BCUT2D eigenvalue weighted by Crippen LogP contribution is 2.31. The highest BCUT2D eigenvalue weighted by atomic mass is 127. The van der Waals surface area contributed by atoms with Crippen LogP contribution in [0, 0.1) is 0 Å². The summed E-state index contributed by atoms with van der Waals surface area (Å²) in [6.45, 7) is 3.30. The van der Waals surface area contributed by atoms with Crippen molar-refractivity contribution < 1.29 is 22.7 Å². The Labute approximate surface area is 180 Å². The van der Waals surface area contributed by atoms with E-state index < -0.39 is 11.7 Å². The van der Waals surface area contributed by atoms with Crippen LogP contribution in [0.4, 0.5) is 13.2 Å². The standard InChI is InChI=1S/C18H27F3N4O2.HI/c1-13(14-5-4-6-15(11-14)18(19,20)21)7-8-24-17(22-2)25-12-16(26)23-9-10-27-3;/h4-6,11,13H,7-10,12H2,1-3H3,(H,23,26)(H2,22,24,25);1H. The van der Waals surface area contributed by atoms with Crippen molar-refractivity contribution in [3.05, 3.63) is 35.4 Å². The number of guanidine groups is 1. The predicted molar refractivity (Wildman–Crippen MR) is 114 cm³/mol. The van der Waals surface area contributed by atoms with E-state index in [4.69, 9.17) is 4.74 Å². The Balaban J connectivity index is 0.00000729. The third kappa shape index (κ3) is 10.1. The second-order valence-electron chi connectivity index (χ2n) is 6.01. The van der Waals surface area contributed by atoms with Gasteiger partial charge in [-0.05, 0) is 24.0 Å². The number of halogens is 4. The van der Waals surface area contributed by atoms with E-state index in [-0.39, 0.29) is 42.3 Å². The predicted octanol–water partition coefficient (Wildman–Crippen LogP) is 2.74. The number of hydrogen-bond donors (Lipinski definition) is 3. The van der Waals surface area contributed by atoms with Crippen molar-refractivity contribution in [2.45, 2.75) is 25.4 Å². The summed E-state index contributed by atoms with van der Waals surface area (Å²) in [6.07, 6.45) is -3.73. The fourth-order valence-corrected chi connectivity index (χ4v) is 2.33. The van der Waals surface area contributed by atoms with Crippen LogP contribution in [0.15, 0.2) is 29.3 Å². The zero-order valence-corrected chi connectivity index (χ0v) is 18.6. The number of carbonyl (C=O) groups is 1. The van der Waals surface area contributed by atoms with Crippen molar-refractivity contribution in [1.82, 2.24) is 16.0 Å². The molecule has 6 nitrogen and oxygen atoms in total. The van der Waals surface area contributed by atoms with E-state index in [2.05, 4.69) is 20.9 Å². The Hall–Kier alpha value is -1.56. The van der Waals surface area contributed by atoms with Gasteiger partial charge in [-0.2, -0.15) is 13.2 Å². The molecule has 1 rings (SSSR count). The minimum absolute atomic E-state index is 0. The first-order valence-electron chi connectivity index (χ1n) is 8.65. The molecule has 0 aromatic heterocycles. The molecule has 160 valence electrons. The van der Waals surface area contributed by atoms with Crippen LogP contribution < -0.4 is 16.0 Å². The number of ether oxygens (including phenoxy) is 1. The summed E-state index contributed by atoms with van der Waals surface area (Å²) in [5, 5.41) is 8.60. The minimum atomic E-state index is -4.34. The lowest BCUT2D eigenvalue weighted by molar-refractivity contribution is -0.137. The molecule has 0 saturated carbocycles. The lowest BCUT2D eigenvalue weighted by atomic mass is 9.96. The molecule has 0 spiro atoms. The van der Waals surface area contributed by atoms with Crippen LogP contribution in [0.2, 0.25) is 0 Å². The Morgan fingerprint density at radius 1 is 1.21 bits per heavy atom. The van der Waals surface area contributed by atoms with Crippen LogP contribution in [-0.4, -0.2) is 52.3 Å². The van der Waals surface area contributed by atoms with Crippen molar-refractivity contribution in [2.24, 2.45) is 4.99 Å². The first-order valence-corrected chi connectivity index (χ1v) is 8.65. The number of benzene rings is 1. The Morgan fingerprint density at radius 3 is 2.54 bits per heavy atom. The summed E-state index contributed by atoms with van der Waals surface area (Å²) in [7, 11) is 3.13. The average Bonchev–Trinajstić information content (AvgIpc) is 2.64. The van der Waals surface area contributed by atoms with Gasteiger partial charge in [-0.15, -0.1) is 24.0 Å². The van der Waals surface area contributed by atoms with Crippen molar-refractivity contribution in [3.63, 3.8) is 0 Å². The van der Waals surface area contributed by atoms with Crippen LogP contribution in [0.5, 0.6) is 0 Å². The molecule has 1 aromatic carbocycles. The summed E-state index contributed by atoms with van der Waals surface area (Å²) in [6, 6.07) is 5.36. The number of amides is 1. The highest BCUT2D eigenvalue weighted by molar-refractivity contribution is 14.0. The molecule has 0 fully saturated rings. The SMILES string of the molecule is CN=C(NCCC(C)c1cccc(C(F)(F)F)c1)NCC(=O)NCCOC.I. The maximum absolute atomic E-state index is 12.8. The molecule has 0 aliphatic rings. The third-order valence-corrected chi connectivity index (χ3v) is 3.92. The second kappa shape index (κ2) is 13.6. The Kier molecular flexibility index (Phi) is 12.8. The topological polar surface area (TPSA) is 74.8 Å². The van der Waals surface area contributed by atoms with Crippen molar-refractivity contribution in [1.29, 1.82) is 0 Å². The van der Waals surface area contributed by atoms with Gasteiger partial charge in [0.2, 0.25) is 5.91 Å². The van der Waals surface area contributed by atoms with Crippen LogP contribution in [0.3, 0.4) is 0 Å². The van der Waals surface area contributed by atoms with Gasteiger partial charge >= 0.3 is 6.18 Å². The summed E-state index contributed by atoms with van der Waals surface area (Å²) >= 11 is 0. The largest absolute Gasteiger partial charge is 0.416 e. The normalized spacial score (nSPS) is 12.7. The van der Waals surface area contributed by atoms with E-state index in [1.54, 1.807) is 20.2 Å². The van der Waals surface area contributed by atoms with E-state index in [9.17, 15) is 18.0 Å². The molecule has 1 unspecified atom stereocenters. The summed E-state index contributed by atoms with van der Waals surface area (Å²) in [5.74, 6) is 0.204. The zero-order chi connectivity index (χ0) is 20.3. The minimum Gasteiger partial charge on any atom is -0.383 e. The Bertz CT molecular complexity index is 627. The molecule has 10 heteroatoms. The number of rotatable bonds is 9. The molecule has 1 atom stereocenters. The van der Waals surface area contributed by atoms with Gasteiger partial charge in [0.15, 0.2) is 5.96 Å². The van der Waals surface area contributed by atoms with Gasteiger partial charge in [-0.3, -0.25) is 9.79 Å². The summed E-state index contributed by atoms with van der Waals surface area (Å²) in [5.41, 5.74) is -0.0103. The van der Waals surface area contributed by atoms with Crippen molar-refractivity contribution >= 4 is 35.8 Å². The number of aliphatic imine (C=N–C) groups is 1. The molecule has 0 saturated heterocycles. The van der Waals surface area contributed by atoms with Crippen molar-refractivity contribution in [2.75, 3.05) is 40.4 Å². The monoisotopic (exact) mass is 516 g/mol. The number of nitrogens with one attached hydrogen (secondary N) is 3. The quantitative estimate of drug-likeness (QED) is 0.204. The fourth-order valence-electron chi connectivity index (χ4n) is 2.33. The molecule has 0 radical (unpaired) electrons. The van der Waals surface area contributed by atoms with Gasteiger partial charge in [0.05, 0.1) is 18.7 Å². The van der Waals surface area contributed by atoms with Crippen molar-refractivity contribution in [3.8, 4) is 0 Å². The number of nitrogens with zero attached hydrogens (tertiary/aromatic N) is 1. The zero-order valence-electron chi connectivity index (χ0n) is 16.2. The van der Waals surface area contributed by atoms with Crippen LogP contribution in [-0.2, 0) is 15.7 Å². The first kappa shape index (κ1) is 26.4. The fraction of sp³-hybridized carbons (Fsp3) is 0.556. The van der Waals surface area contributed by atoms with Gasteiger partial charge in [-0.25, -0.2) is 0 Å². The molecular weight excluding hydrogens is 488 g/mol. The van der Waals surface area contributed by atoms with E-state index in [1.807, 2.05) is 6.92 Å². The first-order chi connectivity index (χ1) is 12.8. The van der Waals surface area contributed by atoms with Gasteiger partial charge in [0, 0.05) is 27.2 Å². The third-order valence-electron chi connectivity index (χ3n) is 3.92. The molecule has 1 aromatic rings. The smallest absolute Gasteiger partial charge is 0.383 e. The molecule has 1 amide bonds. The maximum Gasteiger partial charge on any atom is 0.416 e. The molecule has 0 heterocycles. The van der Waals surface area contributed by atoms with Crippen LogP contribution >= 0.6 is 24.0 Å². The summed E-state index contributed by atoms with van der Waals surface area (Å²) in [4.78, 5) is 15.6. The molecule has 0 aliphatic heterocycles. The Morgan fingerprint density at radius 2 is 1.93 bits per heavy atom. The second-order valence-corrected chi connectivity index (χ2v) is 6.01. The van der Waals surface area contributed by atoms with Crippen LogP contribution in [0.25, 0.3) is 0 Å². The number of carbonyl (C=O) groups excluding carboxylic acids is 1. The van der Waals surface area contributed by atoms with Gasteiger partial charge < -0.3 is 20.7 Å². The van der Waals surface area contributed by atoms with Gasteiger partial charge in [-0.1, -0.05) is 25.1 Å². The number of hydrogen-bond acceptors (Lipinski definition) is 3. The van der Waals surface area contributed by atoms with E-state index in [0.29, 0.717) is 37.6 Å². The average molecular weight is 516 g/mol. The number of methoxy groups -OCH3 is 1. The molecule has 3 N–H and O–H groups in total. The lowest BCUT2D eigenvalue weighted by Gasteiger charge is -2.16. The van der Waals surface area contributed by atoms with E-state index in [0.717, 1.165) is 6.07 Å². The molecule has 0 aliphatic carbocycles. The number of alkyl halides is 3. The maximum atomic E-state index is 12.8. The van der Waals surface area contributed by atoms with Gasteiger partial charge in [0.25, 0.3) is 0 Å².